The van der Waals surface area contributed by atoms with Gasteiger partial charge in [-0.2, -0.15) is 0 Å². The summed E-state index contributed by atoms with van der Waals surface area (Å²) < 4.78 is 11.1. The number of fused-ring (bicyclic) bond motifs is 1. The number of Topliss-reactive ketones (excluding diaryl/α,β-unsaturated/α-hetero) is 1. The first-order chi connectivity index (χ1) is 13.3. The van der Waals surface area contributed by atoms with Gasteiger partial charge in [-0.25, -0.2) is 0 Å². The zero-order valence-electron chi connectivity index (χ0n) is 15.8. The molecular weight excluding hydrogens is 403 g/mol. The Kier molecular flexibility index (Phi) is 6.06. The van der Waals surface area contributed by atoms with Crippen molar-refractivity contribution in [1.82, 2.24) is 0 Å². The molecule has 0 heterocycles. The Morgan fingerprint density at radius 1 is 1.25 bits per heavy atom. The van der Waals surface area contributed by atoms with E-state index in [4.69, 9.17) is 37.8 Å². The number of carbonyl (C=O) groups excluding carboxylic acids is 1. The predicted octanol–water partition coefficient (Wildman–Crippen LogP) is 5.23. The molecule has 1 aromatic rings. The molecule has 150 valence electrons. The zero-order valence-corrected chi connectivity index (χ0v) is 17.3. The molecule has 1 aromatic carbocycles. The molecule has 0 radical (unpaired) electrons. The molecule has 0 aromatic heterocycles. The number of hydrogen-bond acceptors (Lipinski definition) is 4. The van der Waals surface area contributed by atoms with Gasteiger partial charge in [-0.1, -0.05) is 29.3 Å². The van der Waals surface area contributed by atoms with Gasteiger partial charge < -0.3 is 14.6 Å². The van der Waals surface area contributed by atoms with Crippen LogP contribution in [0.1, 0.15) is 48.5 Å². The van der Waals surface area contributed by atoms with Crippen LogP contribution in [0.4, 0.5) is 0 Å². The highest BCUT2D eigenvalue weighted by atomic mass is 35.5. The van der Waals surface area contributed by atoms with E-state index in [0.29, 0.717) is 24.2 Å². The average Bonchev–Trinajstić information content (AvgIpc) is 2.93. The molecule has 1 atom stereocenters. The van der Waals surface area contributed by atoms with Gasteiger partial charge in [0, 0.05) is 17.6 Å². The zero-order chi connectivity index (χ0) is 20.5. The van der Waals surface area contributed by atoms with Crippen molar-refractivity contribution < 1.29 is 24.2 Å². The number of ether oxygens (including phenoxy) is 2. The number of benzene rings is 1. The van der Waals surface area contributed by atoms with Crippen molar-refractivity contribution in [3.05, 3.63) is 50.7 Å². The third-order valence-electron chi connectivity index (χ3n) is 5.24. The molecule has 0 bridgehead atoms. The molecule has 0 saturated carbocycles. The van der Waals surface area contributed by atoms with Crippen LogP contribution in [0, 0.1) is 5.41 Å². The summed E-state index contributed by atoms with van der Waals surface area (Å²) in [6, 6.07) is 1.74. The molecule has 2 aliphatic carbocycles. The molecule has 28 heavy (non-hydrogen) atoms. The number of halogens is 2. The van der Waals surface area contributed by atoms with Crippen LogP contribution >= 0.6 is 23.2 Å². The lowest BCUT2D eigenvalue weighted by molar-refractivity contribution is -0.137. The Bertz CT molecular complexity index is 887. The fourth-order valence-electron chi connectivity index (χ4n) is 3.85. The van der Waals surface area contributed by atoms with E-state index in [9.17, 15) is 9.59 Å². The third kappa shape index (κ3) is 3.65. The van der Waals surface area contributed by atoms with Gasteiger partial charge in [0.15, 0.2) is 5.78 Å². The molecule has 2 aliphatic rings. The van der Waals surface area contributed by atoms with E-state index in [0.717, 1.165) is 29.7 Å². The summed E-state index contributed by atoms with van der Waals surface area (Å²) in [5.41, 5.74) is 1.30. The molecule has 0 spiro atoms. The number of rotatable bonds is 7. The normalized spacial score (nSPS) is 21.1. The lowest BCUT2D eigenvalue weighted by atomic mass is 9.75. The number of carboxylic acid groups (broad SMARTS) is 1. The van der Waals surface area contributed by atoms with Crippen molar-refractivity contribution in [2.24, 2.45) is 5.41 Å². The standard InChI is InChI=1S/C21H22Cl2O5/c1-21(13-6-3-4-7-14(13)27-2)11-12-10-15(28-9-5-8-16(24)25)18(22)19(23)17(12)20(21)26/h6-7,10H,3-5,8-9,11H2,1-2H3,(H,24,25). The summed E-state index contributed by atoms with van der Waals surface area (Å²) in [4.78, 5) is 24.0. The minimum absolute atomic E-state index is 0.00708. The maximum atomic E-state index is 13.3. The molecule has 7 heteroatoms. The minimum atomic E-state index is -0.884. The van der Waals surface area contributed by atoms with Crippen LogP contribution in [0.5, 0.6) is 5.75 Å². The monoisotopic (exact) mass is 424 g/mol. The summed E-state index contributed by atoms with van der Waals surface area (Å²) in [6.45, 7) is 2.10. The van der Waals surface area contributed by atoms with E-state index >= 15 is 0 Å². The van der Waals surface area contributed by atoms with Crippen molar-refractivity contribution >= 4 is 35.0 Å². The second-order valence-electron chi connectivity index (χ2n) is 7.19. The molecule has 0 saturated heterocycles. The summed E-state index contributed by atoms with van der Waals surface area (Å²) in [5.74, 6) is 0.129. The van der Waals surface area contributed by atoms with E-state index in [2.05, 4.69) is 6.08 Å². The number of carbonyl (C=O) groups is 2. The second-order valence-corrected chi connectivity index (χ2v) is 7.94. The van der Waals surface area contributed by atoms with Gasteiger partial charge in [0.2, 0.25) is 0 Å². The van der Waals surface area contributed by atoms with Gasteiger partial charge in [-0.15, -0.1) is 0 Å². The highest BCUT2D eigenvalue weighted by Crippen LogP contribution is 2.51. The van der Waals surface area contributed by atoms with Crippen LogP contribution in [-0.4, -0.2) is 30.6 Å². The number of carboxylic acids is 1. The SMILES string of the molecule is COC1=CCCC=C1C1(C)Cc2cc(OCCCC(=O)O)c(Cl)c(Cl)c2C1=O. The van der Waals surface area contributed by atoms with Gasteiger partial charge in [0.1, 0.15) is 16.5 Å². The lowest BCUT2D eigenvalue weighted by Crippen LogP contribution is -2.29. The van der Waals surface area contributed by atoms with Crippen LogP contribution in [-0.2, 0) is 16.0 Å². The highest BCUT2D eigenvalue weighted by molar-refractivity contribution is 6.45. The number of hydrogen-bond donors (Lipinski definition) is 1. The Morgan fingerprint density at radius 2 is 1.96 bits per heavy atom. The fraction of sp³-hybridized carbons (Fsp3) is 0.429. The predicted molar refractivity (Wildman–Crippen MR) is 107 cm³/mol. The molecule has 3 rings (SSSR count). The molecule has 5 nitrogen and oxygen atoms in total. The Morgan fingerprint density at radius 3 is 2.64 bits per heavy atom. The van der Waals surface area contributed by atoms with Gasteiger partial charge in [-0.05, 0) is 50.3 Å². The Labute approximate surface area is 173 Å². The van der Waals surface area contributed by atoms with Crippen LogP contribution in [0.2, 0.25) is 10.0 Å². The fourth-order valence-corrected chi connectivity index (χ4v) is 4.35. The Balaban J connectivity index is 1.90. The van der Waals surface area contributed by atoms with E-state index in [-0.39, 0.29) is 28.9 Å². The third-order valence-corrected chi connectivity index (χ3v) is 6.09. The van der Waals surface area contributed by atoms with Crippen molar-refractivity contribution in [1.29, 1.82) is 0 Å². The van der Waals surface area contributed by atoms with Gasteiger partial charge in [0.05, 0.1) is 24.2 Å². The summed E-state index contributed by atoms with van der Waals surface area (Å²) in [7, 11) is 1.61. The first-order valence-electron chi connectivity index (χ1n) is 9.15. The van der Waals surface area contributed by atoms with Crippen LogP contribution < -0.4 is 4.74 Å². The first kappa shape index (κ1) is 20.7. The van der Waals surface area contributed by atoms with Crippen LogP contribution in [0.25, 0.3) is 0 Å². The molecule has 0 aliphatic heterocycles. The van der Waals surface area contributed by atoms with Crippen molar-refractivity contribution in [2.75, 3.05) is 13.7 Å². The summed E-state index contributed by atoms with van der Waals surface area (Å²) >= 11 is 12.8. The maximum Gasteiger partial charge on any atom is 0.303 e. The summed E-state index contributed by atoms with van der Waals surface area (Å²) in [6.07, 6.45) is 6.62. The van der Waals surface area contributed by atoms with Gasteiger partial charge >= 0.3 is 5.97 Å². The van der Waals surface area contributed by atoms with Gasteiger partial charge in [-0.3, -0.25) is 9.59 Å². The van der Waals surface area contributed by atoms with Crippen molar-refractivity contribution in [3.63, 3.8) is 0 Å². The first-order valence-corrected chi connectivity index (χ1v) is 9.90. The van der Waals surface area contributed by atoms with Crippen molar-refractivity contribution in [2.45, 2.75) is 39.0 Å². The van der Waals surface area contributed by atoms with E-state index < -0.39 is 11.4 Å². The molecule has 1 unspecified atom stereocenters. The molecule has 0 fully saturated rings. The number of methoxy groups -OCH3 is 1. The molecule has 1 N–H and O–H groups in total. The van der Waals surface area contributed by atoms with Crippen LogP contribution in [0.3, 0.4) is 0 Å². The van der Waals surface area contributed by atoms with E-state index in [1.165, 1.54) is 0 Å². The second kappa shape index (κ2) is 8.18. The molecule has 0 amide bonds. The van der Waals surface area contributed by atoms with Gasteiger partial charge in [0.25, 0.3) is 0 Å². The highest BCUT2D eigenvalue weighted by Gasteiger charge is 2.47. The number of aliphatic carboxylic acids is 1. The Hall–Kier alpha value is -1.98. The maximum absolute atomic E-state index is 13.3. The average molecular weight is 425 g/mol. The van der Waals surface area contributed by atoms with Crippen LogP contribution in [0.15, 0.2) is 29.6 Å². The smallest absolute Gasteiger partial charge is 0.303 e. The molecular formula is C21H22Cl2O5. The minimum Gasteiger partial charge on any atom is -0.497 e. The largest absolute Gasteiger partial charge is 0.497 e. The quantitative estimate of drug-likeness (QED) is 0.606. The topological polar surface area (TPSA) is 72.8 Å². The number of ketones is 1. The van der Waals surface area contributed by atoms with E-state index in [1.807, 2.05) is 13.0 Å². The summed E-state index contributed by atoms with van der Waals surface area (Å²) in [5, 5.41) is 9.08. The van der Waals surface area contributed by atoms with E-state index in [1.54, 1.807) is 13.2 Å². The number of allylic oxidation sites excluding steroid dienone is 3. The van der Waals surface area contributed by atoms with Crippen molar-refractivity contribution in [3.8, 4) is 5.75 Å². The lowest BCUT2D eigenvalue weighted by Gasteiger charge is -2.29.